The molecule has 2 aromatic carbocycles. The molecule has 2 heterocycles. The molecule has 31 heavy (non-hydrogen) atoms. The standard InChI is InChI=1S/C22H24F3N5O/c1-12-15(5-4-6-18(12)22(23,24)25)19(26)27-20-17-9-14(30-10-21(3,31)11-30)7-8-16(17)13(2)28-29-20/h4-9,19,31H,10-11,26H2,1-3H3,(H,27,29)/t19-/m0/s1. The number of hydrogen-bond acceptors (Lipinski definition) is 6. The Hall–Kier alpha value is -2.91. The summed E-state index contributed by atoms with van der Waals surface area (Å²) in [6.07, 6.45) is -5.36. The lowest BCUT2D eigenvalue weighted by molar-refractivity contribution is -0.138. The molecule has 0 saturated carbocycles. The third kappa shape index (κ3) is 4.03. The first-order valence-electron chi connectivity index (χ1n) is 9.89. The highest BCUT2D eigenvalue weighted by atomic mass is 19.4. The van der Waals surface area contributed by atoms with Gasteiger partial charge in [-0.25, -0.2) is 0 Å². The van der Waals surface area contributed by atoms with Gasteiger partial charge in [-0.15, -0.1) is 5.10 Å². The first-order chi connectivity index (χ1) is 14.5. The van der Waals surface area contributed by atoms with Crippen molar-refractivity contribution in [3.05, 3.63) is 58.8 Å². The molecule has 4 rings (SSSR count). The number of rotatable bonds is 4. The number of nitrogens with one attached hydrogen (secondary N) is 1. The molecule has 1 fully saturated rings. The summed E-state index contributed by atoms with van der Waals surface area (Å²) >= 11 is 0. The molecular weight excluding hydrogens is 407 g/mol. The van der Waals surface area contributed by atoms with Crippen molar-refractivity contribution in [1.82, 2.24) is 10.2 Å². The molecule has 1 saturated heterocycles. The molecule has 0 bridgehead atoms. The van der Waals surface area contributed by atoms with Crippen LogP contribution < -0.4 is 16.0 Å². The van der Waals surface area contributed by atoms with Crippen LogP contribution in [0.1, 0.15) is 35.5 Å². The highest BCUT2D eigenvalue weighted by molar-refractivity contribution is 5.95. The topological polar surface area (TPSA) is 87.3 Å². The molecule has 164 valence electrons. The van der Waals surface area contributed by atoms with Crippen LogP contribution in [0.3, 0.4) is 0 Å². The third-order valence-electron chi connectivity index (χ3n) is 5.68. The number of benzene rings is 2. The lowest BCUT2D eigenvalue weighted by atomic mass is 9.95. The molecule has 1 aromatic heterocycles. The van der Waals surface area contributed by atoms with Gasteiger partial charge in [-0.3, -0.25) is 0 Å². The van der Waals surface area contributed by atoms with E-state index in [2.05, 4.69) is 15.5 Å². The van der Waals surface area contributed by atoms with E-state index in [9.17, 15) is 18.3 Å². The van der Waals surface area contributed by atoms with Crippen LogP contribution in [0.2, 0.25) is 0 Å². The summed E-state index contributed by atoms with van der Waals surface area (Å²) in [5.41, 5.74) is 6.87. The van der Waals surface area contributed by atoms with Gasteiger partial charge in [-0.1, -0.05) is 18.2 Å². The Morgan fingerprint density at radius 3 is 2.48 bits per heavy atom. The van der Waals surface area contributed by atoms with E-state index in [1.54, 1.807) is 13.0 Å². The van der Waals surface area contributed by atoms with Crippen molar-refractivity contribution in [2.45, 2.75) is 38.7 Å². The molecular formula is C22H24F3N5O. The monoisotopic (exact) mass is 431 g/mol. The summed E-state index contributed by atoms with van der Waals surface area (Å²) in [5, 5.41) is 23.1. The molecule has 1 aliphatic rings. The number of nitrogens with two attached hydrogens (primary N) is 1. The van der Waals surface area contributed by atoms with E-state index in [-0.39, 0.29) is 5.56 Å². The summed E-state index contributed by atoms with van der Waals surface area (Å²) in [5.74, 6) is 0.388. The molecule has 9 heteroatoms. The summed E-state index contributed by atoms with van der Waals surface area (Å²) in [4.78, 5) is 2.04. The summed E-state index contributed by atoms with van der Waals surface area (Å²) in [6, 6.07) is 9.77. The molecule has 6 nitrogen and oxygen atoms in total. The normalized spacial score (nSPS) is 16.8. The van der Waals surface area contributed by atoms with Crippen molar-refractivity contribution in [3.8, 4) is 0 Å². The number of fused-ring (bicyclic) bond motifs is 1. The van der Waals surface area contributed by atoms with Crippen LogP contribution in [-0.2, 0) is 6.18 Å². The number of β-amino-alcohol motifs (C(OH)–C–C–N with tert-alkyl or cyclic N) is 1. The zero-order valence-corrected chi connectivity index (χ0v) is 17.5. The highest BCUT2D eigenvalue weighted by Crippen LogP contribution is 2.36. The number of hydrogen-bond donors (Lipinski definition) is 3. The Morgan fingerprint density at radius 2 is 1.84 bits per heavy atom. The van der Waals surface area contributed by atoms with E-state index in [0.717, 1.165) is 28.2 Å². The van der Waals surface area contributed by atoms with Gasteiger partial charge in [0.15, 0.2) is 5.82 Å². The van der Waals surface area contributed by atoms with Gasteiger partial charge < -0.3 is 21.1 Å². The van der Waals surface area contributed by atoms with Crippen molar-refractivity contribution in [2.24, 2.45) is 5.73 Å². The number of alkyl halides is 3. The minimum Gasteiger partial charge on any atom is -0.386 e. The van der Waals surface area contributed by atoms with Gasteiger partial charge in [-0.2, -0.15) is 18.3 Å². The maximum atomic E-state index is 13.3. The summed E-state index contributed by atoms with van der Waals surface area (Å²) in [7, 11) is 0. The molecule has 1 aliphatic heterocycles. The first-order valence-corrected chi connectivity index (χ1v) is 9.89. The molecule has 3 aromatic rings. The fraction of sp³-hybridized carbons (Fsp3) is 0.364. The second-order valence-corrected chi connectivity index (χ2v) is 8.36. The average molecular weight is 431 g/mol. The van der Waals surface area contributed by atoms with Crippen molar-refractivity contribution in [3.63, 3.8) is 0 Å². The van der Waals surface area contributed by atoms with Crippen LogP contribution >= 0.6 is 0 Å². The Morgan fingerprint density at radius 1 is 1.13 bits per heavy atom. The Bertz CT molecular complexity index is 1140. The maximum Gasteiger partial charge on any atom is 0.416 e. The van der Waals surface area contributed by atoms with Gasteiger partial charge in [0.05, 0.1) is 16.9 Å². The van der Waals surface area contributed by atoms with Crippen LogP contribution in [-0.4, -0.2) is 34.0 Å². The second-order valence-electron chi connectivity index (χ2n) is 8.36. The Balaban J connectivity index is 1.69. The molecule has 0 aliphatic carbocycles. The number of aryl methyl sites for hydroxylation is 1. The molecule has 0 unspecified atom stereocenters. The van der Waals surface area contributed by atoms with Crippen LogP contribution in [0, 0.1) is 13.8 Å². The summed E-state index contributed by atoms with van der Waals surface area (Å²) < 4.78 is 39.8. The van der Waals surface area contributed by atoms with Crippen molar-refractivity contribution in [1.29, 1.82) is 0 Å². The molecule has 1 atom stereocenters. The Kier molecular flexibility index (Phi) is 5.06. The van der Waals surface area contributed by atoms with E-state index in [1.807, 2.05) is 30.0 Å². The first kappa shape index (κ1) is 21.3. The molecule has 4 N–H and O–H groups in total. The van der Waals surface area contributed by atoms with E-state index in [1.165, 1.54) is 13.0 Å². The SMILES string of the molecule is Cc1c([C@@H](N)Nc2nnc(C)c3ccc(N4CC(C)(O)C4)cc23)cccc1C(F)(F)F. The van der Waals surface area contributed by atoms with Crippen LogP contribution in [0.4, 0.5) is 24.7 Å². The predicted molar refractivity (Wildman–Crippen MR) is 114 cm³/mol. The number of anilines is 2. The van der Waals surface area contributed by atoms with Gasteiger partial charge in [-0.05, 0) is 50.1 Å². The van der Waals surface area contributed by atoms with E-state index < -0.39 is 23.5 Å². The highest BCUT2D eigenvalue weighted by Gasteiger charge is 2.37. The zero-order chi connectivity index (χ0) is 22.6. The molecule has 0 radical (unpaired) electrons. The third-order valence-corrected chi connectivity index (χ3v) is 5.68. The summed E-state index contributed by atoms with van der Waals surface area (Å²) in [6.45, 7) is 6.06. The lowest BCUT2D eigenvalue weighted by Gasteiger charge is -2.45. The van der Waals surface area contributed by atoms with Gasteiger partial charge in [0, 0.05) is 29.5 Å². The van der Waals surface area contributed by atoms with E-state index >= 15 is 0 Å². The largest absolute Gasteiger partial charge is 0.416 e. The van der Waals surface area contributed by atoms with Crippen molar-refractivity contribution >= 4 is 22.3 Å². The lowest BCUT2D eigenvalue weighted by Crippen LogP contribution is -2.60. The minimum atomic E-state index is -4.45. The van der Waals surface area contributed by atoms with Gasteiger partial charge in [0.25, 0.3) is 0 Å². The number of halogens is 3. The van der Waals surface area contributed by atoms with Crippen LogP contribution in [0.5, 0.6) is 0 Å². The van der Waals surface area contributed by atoms with Crippen LogP contribution in [0.25, 0.3) is 10.8 Å². The minimum absolute atomic E-state index is 0.0721. The second kappa shape index (κ2) is 7.35. The number of aromatic nitrogens is 2. The van der Waals surface area contributed by atoms with E-state index in [0.29, 0.717) is 24.5 Å². The van der Waals surface area contributed by atoms with Gasteiger partial charge in [0.1, 0.15) is 6.17 Å². The Labute approximate surface area is 177 Å². The van der Waals surface area contributed by atoms with Crippen molar-refractivity contribution < 1.29 is 18.3 Å². The maximum absolute atomic E-state index is 13.3. The molecule has 0 amide bonds. The van der Waals surface area contributed by atoms with Gasteiger partial charge in [0.2, 0.25) is 0 Å². The average Bonchev–Trinajstić information content (AvgIpc) is 2.67. The number of aliphatic hydroxyl groups is 1. The quantitative estimate of drug-likeness (QED) is 0.543. The fourth-order valence-electron chi connectivity index (χ4n) is 4.06. The van der Waals surface area contributed by atoms with E-state index in [4.69, 9.17) is 5.73 Å². The van der Waals surface area contributed by atoms with Crippen LogP contribution in [0.15, 0.2) is 36.4 Å². The number of nitrogens with zero attached hydrogens (tertiary/aromatic N) is 3. The van der Waals surface area contributed by atoms with Crippen molar-refractivity contribution in [2.75, 3.05) is 23.3 Å². The smallest absolute Gasteiger partial charge is 0.386 e. The fourth-order valence-corrected chi connectivity index (χ4v) is 4.06. The molecule has 0 spiro atoms. The predicted octanol–water partition coefficient (Wildman–Crippen LogP) is 3.91. The van der Waals surface area contributed by atoms with Gasteiger partial charge >= 0.3 is 6.18 Å². The zero-order valence-electron chi connectivity index (χ0n) is 17.5.